The van der Waals surface area contributed by atoms with E-state index in [1.807, 2.05) is 18.2 Å². The number of carbonyl (C=O) groups excluding carboxylic acids is 2. The first-order valence-corrected chi connectivity index (χ1v) is 6.42. The van der Waals surface area contributed by atoms with E-state index in [1.54, 1.807) is 24.3 Å². The molecule has 2 aromatic rings. The number of thioether (sulfide) groups is 1. The molecule has 2 aromatic carbocycles. The van der Waals surface area contributed by atoms with E-state index >= 15 is 0 Å². The second-order valence-corrected chi connectivity index (χ2v) is 5.09. The van der Waals surface area contributed by atoms with Gasteiger partial charge >= 0.3 is 0 Å². The van der Waals surface area contributed by atoms with Gasteiger partial charge in [-0.25, -0.2) is 0 Å². The molecule has 5 heteroatoms. The normalized spacial score (nSPS) is 17.2. The van der Waals surface area contributed by atoms with Gasteiger partial charge in [0.25, 0.3) is 11.1 Å². The number of aromatic hydroxyl groups is 1. The Hall–Kier alpha value is -2.27. The van der Waals surface area contributed by atoms with Crippen LogP contribution in [0.2, 0.25) is 0 Å². The number of nitrogens with one attached hydrogen (secondary N) is 1. The molecule has 0 atom stereocenters. The summed E-state index contributed by atoms with van der Waals surface area (Å²) < 4.78 is 0. The molecule has 0 radical (unpaired) electrons. The minimum absolute atomic E-state index is 0.192. The van der Waals surface area contributed by atoms with Crippen LogP contribution >= 0.6 is 11.8 Å². The molecule has 0 aromatic heterocycles. The molecule has 94 valence electrons. The number of hydrogen-bond acceptors (Lipinski definition) is 4. The van der Waals surface area contributed by atoms with Crippen LogP contribution < -0.4 is 5.32 Å². The predicted octanol–water partition coefficient (Wildman–Crippen LogP) is 2.87. The predicted molar refractivity (Wildman–Crippen MR) is 74.7 cm³/mol. The zero-order chi connectivity index (χ0) is 13.4. The van der Waals surface area contributed by atoms with Crippen LogP contribution in [0.5, 0.6) is 5.75 Å². The molecule has 1 aliphatic heterocycles. The number of hydrogen-bond donors (Lipinski definition) is 2. The van der Waals surface area contributed by atoms with Gasteiger partial charge in [0.05, 0.1) is 4.91 Å². The van der Waals surface area contributed by atoms with Gasteiger partial charge < -0.3 is 5.11 Å². The topological polar surface area (TPSA) is 66.4 Å². The van der Waals surface area contributed by atoms with Crippen molar-refractivity contribution in [3.63, 3.8) is 0 Å². The largest absolute Gasteiger partial charge is 0.507 e. The first-order chi connectivity index (χ1) is 9.15. The molecule has 1 aliphatic rings. The van der Waals surface area contributed by atoms with E-state index < -0.39 is 0 Å². The number of carbonyl (C=O) groups is 2. The smallest absolute Gasteiger partial charge is 0.290 e. The number of imide groups is 1. The Morgan fingerprint density at radius 3 is 2.47 bits per heavy atom. The van der Waals surface area contributed by atoms with Crippen molar-refractivity contribution in [2.24, 2.45) is 0 Å². The van der Waals surface area contributed by atoms with E-state index in [-0.39, 0.29) is 16.9 Å². The molecule has 3 rings (SSSR count). The summed E-state index contributed by atoms with van der Waals surface area (Å²) in [5, 5.41) is 13.2. The lowest BCUT2D eigenvalue weighted by Crippen LogP contribution is -2.17. The zero-order valence-corrected chi connectivity index (χ0v) is 10.5. The SMILES string of the molecule is O=C1NC(=O)/C(=C/c2ccc(O)c3ccccc23)S1. The summed E-state index contributed by atoms with van der Waals surface area (Å²) in [6.45, 7) is 0. The van der Waals surface area contributed by atoms with Gasteiger partial charge in [-0.2, -0.15) is 0 Å². The van der Waals surface area contributed by atoms with Crippen molar-refractivity contribution in [2.45, 2.75) is 0 Å². The Labute approximate surface area is 113 Å². The van der Waals surface area contributed by atoms with Gasteiger partial charge in [0.15, 0.2) is 0 Å². The molecular weight excluding hydrogens is 262 g/mol. The highest BCUT2D eigenvalue weighted by Gasteiger charge is 2.25. The average molecular weight is 271 g/mol. The van der Waals surface area contributed by atoms with E-state index in [9.17, 15) is 14.7 Å². The number of benzene rings is 2. The third kappa shape index (κ3) is 2.08. The summed E-state index contributed by atoms with van der Waals surface area (Å²) in [4.78, 5) is 23.0. The number of fused-ring (bicyclic) bond motifs is 1. The van der Waals surface area contributed by atoms with Crippen LogP contribution in [0.1, 0.15) is 5.56 Å². The van der Waals surface area contributed by atoms with Crippen molar-refractivity contribution in [1.29, 1.82) is 0 Å². The minimum atomic E-state index is -0.382. The first-order valence-electron chi connectivity index (χ1n) is 5.61. The molecule has 2 N–H and O–H groups in total. The molecular formula is C14H9NO3S. The maximum Gasteiger partial charge on any atom is 0.290 e. The number of rotatable bonds is 1. The summed E-state index contributed by atoms with van der Waals surface area (Å²) in [5.41, 5.74) is 0.792. The fourth-order valence-corrected chi connectivity index (χ4v) is 2.67. The van der Waals surface area contributed by atoms with Gasteiger partial charge in [-0.15, -0.1) is 0 Å². The van der Waals surface area contributed by atoms with Crippen LogP contribution in [0.3, 0.4) is 0 Å². The molecule has 0 aliphatic carbocycles. The summed E-state index contributed by atoms with van der Waals surface area (Å²) in [5.74, 6) is -0.190. The third-order valence-corrected chi connectivity index (χ3v) is 3.67. The number of amides is 2. The summed E-state index contributed by atoms with van der Waals surface area (Å²) in [6.07, 6.45) is 1.66. The Balaban J connectivity index is 2.17. The maximum absolute atomic E-state index is 11.5. The van der Waals surface area contributed by atoms with Crippen LogP contribution in [0.25, 0.3) is 16.8 Å². The second kappa shape index (κ2) is 4.44. The van der Waals surface area contributed by atoms with Gasteiger partial charge in [-0.1, -0.05) is 30.3 Å². The van der Waals surface area contributed by atoms with Gasteiger partial charge in [0.1, 0.15) is 5.75 Å². The average Bonchev–Trinajstić information content (AvgIpc) is 2.72. The van der Waals surface area contributed by atoms with Crippen LogP contribution in [0.15, 0.2) is 41.3 Å². The highest BCUT2D eigenvalue weighted by atomic mass is 32.2. The Morgan fingerprint density at radius 2 is 1.79 bits per heavy atom. The number of phenols is 1. The molecule has 0 saturated carbocycles. The second-order valence-electron chi connectivity index (χ2n) is 4.07. The van der Waals surface area contributed by atoms with Crippen molar-refractivity contribution < 1.29 is 14.7 Å². The van der Waals surface area contributed by atoms with E-state index in [1.165, 1.54) is 0 Å². The van der Waals surface area contributed by atoms with E-state index in [0.29, 0.717) is 10.3 Å². The van der Waals surface area contributed by atoms with Crippen LogP contribution in [-0.4, -0.2) is 16.3 Å². The Morgan fingerprint density at radius 1 is 1.05 bits per heavy atom. The van der Waals surface area contributed by atoms with Crippen molar-refractivity contribution >= 4 is 39.8 Å². The fourth-order valence-electron chi connectivity index (χ4n) is 1.99. The lowest BCUT2D eigenvalue weighted by Gasteiger charge is -2.04. The zero-order valence-electron chi connectivity index (χ0n) is 9.71. The Bertz CT molecular complexity index is 737. The van der Waals surface area contributed by atoms with Gasteiger partial charge in [-0.3, -0.25) is 14.9 Å². The lowest BCUT2D eigenvalue weighted by atomic mass is 10.0. The third-order valence-electron chi connectivity index (χ3n) is 2.86. The van der Waals surface area contributed by atoms with Gasteiger partial charge in [0, 0.05) is 5.39 Å². The molecule has 0 spiro atoms. The fraction of sp³-hybridized carbons (Fsp3) is 0. The lowest BCUT2D eigenvalue weighted by molar-refractivity contribution is -0.115. The van der Waals surface area contributed by atoms with Crippen LogP contribution in [0, 0.1) is 0 Å². The molecule has 1 saturated heterocycles. The van der Waals surface area contributed by atoms with E-state index in [2.05, 4.69) is 5.32 Å². The van der Waals surface area contributed by atoms with Crippen molar-refractivity contribution in [2.75, 3.05) is 0 Å². The minimum Gasteiger partial charge on any atom is -0.507 e. The Kier molecular flexibility index (Phi) is 2.76. The summed E-state index contributed by atoms with van der Waals surface area (Å²) in [7, 11) is 0. The molecule has 1 heterocycles. The number of phenolic OH excluding ortho intramolecular Hbond substituents is 1. The summed E-state index contributed by atoms with van der Waals surface area (Å²) >= 11 is 0.880. The van der Waals surface area contributed by atoms with E-state index in [0.717, 1.165) is 22.7 Å². The highest BCUT2D eigenvalue weighted by Crippen LogP contribution is 2.31. The first kappa shape index (κ1) is 11.8. The van der Waals surface area contributed by atoms with Gasteiger partial charge in [-0.05, 0) is 34.9 Å². The molecule has 0 bridgehead atoms. The highest BCUT2D eigenvalue weighted by molar-refractivity contribution is 8.18. The monoisotopic (exact) mass is 271 g/mol. The van der Waals surface area contributed by atoms with Crippen LogP contribution in [0.4, 0.5) is 4.79 Å². The molecule has 4 nitrogen and oxygen atoms in total. The molecule has 1 fully saturated rings. The van der Waals surface area contributed by atoms with Crippen molar-refractivity contribution in [3.05, 3.63) is 46.9 Å². The molecule has 0 unspecified atom stereocenters. The van der Waals surface area contributed by atoms with E-state index in [4.69, 9.17) is 0 Å². The van der Waals surface area contributed by atoms with Crippen molar-refractivity contribution in [3.8, 4) is 5.75 Å². The standard InChI is InChI=1S/C14H9NO3S/c16-11-6-5-8(9-3-1-2-4-10(9)11)7-12-13(17)15-14(18)19-12/h1-7,16H,(H,15,17,18)/b12-7-. The maximum atomic E-state index is 11.5. The molecule has 19 heavy (non-hydrogen) atoms. The summed E-state index contributed by atoms with van der Waals surface area (Å²) in [6, 6.07) is 10.7. The van der Waals surface area contributed by atoms with Crippen LogP contribution in [-0.2, 0) is 4.79 Å². The van der Waals surface area contributed by atoms with Crippen molar-refractivity contribution in [1.82, 2.24) is 5.32 Å². The molecule has 2 amide bonds. The van der Waals surface area contributed by atoms with Gasteiger partial charge in [0.2, 0.25) is 0 Å². The quantitative estimate of drug-likeness (QED) is 0.783.